The Morgan fingerprint density at radius 1 is 0.973 bits per heavy atom. The molecule has 1 aliphatic rings. The molecule has 2 N–H and O–H groups in total. The Morgan fingerprint density at radius 2 is 1.68 bits per heavy atom. The number of hydrogen-bond acceptors (Lipinski definition) is 3. The van der Waals surface area contributed by atoms with Gasteiger partial charge in [0, 0.05) is 33.8 Å². The van der Waals surface area contributed by atoms with Gasteiger partial charge in [-0.1, -0.05) is 53.9 Å². The molecule has 0 heterocycles. The lowest BCUT2D eigenvalue weighted by molar-refractivity contribution is -0.117. The summed E-state index contributed by atoms with van der Waals surface area (Å²) in [6.45, 7) is 2.30. The molecule has 4 rings (SSSR count). The second kappa shape index (κ2) is 11.3. The molecule has 0 aliphatic heterocycles. The molecule has 5 nitrogen and oxygen atoms in total. The Labute approximate surface area is 240 Å². The van der Waals surface area contributed by atoms with Crippen LogP contribution in [0.4, 0.5) is 5.69 Å². The molecule has 1 aliphatic carbocycles. The average molecular weight is 601 g/mol. The molecule has 194 valence electrons. The fraction of sp³-hybridized carbons (Fsp3) is 0.259. The van der Waals surface area contributed by atoms with Crippen molar-refractivity contribution in [2.45, 2.75) is 30.1 Å². The van der Waals surface area contributed by atoms with Crippen LogP contribution in [0.1, 0.15) is 39.9 Å². The van der Waals surface area contributed by atoms with Crippen LogP contribution in [0.2, 0.25) is 15.1 Å². The lowest BCUT2D eigenvalue weighted by Crippen LogP contribution is -2.24. The van der Waals surface area contributed by atoms with Crippen molar-refractivity contribution in [2.75, 3.05) is 12.4 Å². The summed E-state index contributed by atoms with van der Waals surface area (Å²) in [6.07, 6.45) is 0.875. The molecule has 0 bridgehead atoms. The van der Waals surface area contributed by atoms with E-state index >= 15 is 0 Å². The van der Waals surface area contributed by atoms with Crippen molar-refractivity contribution in [3.63, 3.8) is 0 Å². The number of benzene rings is 3. The molecule has 1 fully saturated rings. The lowest BCUT2D eigenvalue weighted by Gasteiger charge is -2.13. The Hall–Kier alpha value is -2.15. The van der Waals surface area contributed by atoms with Gasteiger partial charge in [0.05, 0.1) is 23.6 Å². The maximum Gasteiger partial charge on any atom is 0.253 e. The molecule has 0 aromatic heterocycles. The fourth-order valence-electron chi connectivity index (χ4n) is 4.25. The van der Waals surface area contributed by atoms with Crippen LogP contribution in [0, 0.1) is 5.92 Å². The van der Waals surface area contributed by atoms with Gasteiger partial charge >= 0.3 is 0 Å². The van der Waals surface area contributed by atoms with E-state index in [0.29, 0.717) is 27.0 Å². The number of alkyl halides is 2. The second-order valence-electron chi connectivity index (χ2n) is 8.70. The minimum Gasteiger partial charge on any atom is -0.496 e. The first kappa shape index (κ1) is 27.9. The summed E-state index contributed by atoms with van der Waals surface area (Å²) >= 11 is 31.4. The standard InChI is InChI=1S/C27H23Cl5N2O3/c1-3-14-4-5-15(22(8-14)37-2)13-33-25(35)20-12-19(6-7-21(20)30)34-26(36)24-23(27(24,31)32)16-9-17(28)11-18(29)10-16/h4-12,23-24H,3,13H2,1-2H3,(H,33,35)(H,34,36). The van der Waals surface area contributed by atoms with Crippen LogP contribution in [-0.4, -0.2) is 23.3 Å². The van der Waals surface area contributed by atoms with Gasteiger partial charge in [-0.25, -0.2) is 0 Å². The topological polar surface area (TPSA) is 67.4 Å². The van der Waals surface area contributed by atoms with Crippen molar-refractivity contribution in [1.82, 2.24) is 5.32 Å². The number of hydrogen-bond donors (Lipinski definition) is 2. The molecule has 3 aromatic rings. The van der Waals surface area contributed by atoms with Crippen molar-refractivity contribution >= 4 is 75.5 Å². The van der Waals surface area contributed by atoms with E-state index in [0.717, 1.165) is 17.5 Å². The number of carbonyl (C=O) groups is 2. The van der Waals surface area contributed by atoms with Crippen LogP contribution in [0.15, 0.2) is 54.6 Å². The van der Waals surface area contributed by atoms with Crippen molar-refractivity contribution in [3.05, 3.63) is 91.9 Å². The number of aryl methyl sites for hydroxylation is 1. The minimum atomic E-state index is -1.32. The number of halogens is 5. The third-order valence-electron chi connectivity index (χ3n) is 6.26. The molecular formula is C27H23Cl5N2O3. The number of carbonyl (C=O) groups excluding carboxylic acids is 2. The molecule has 3 aromatic carbocycles. The third-order valence-corrected chi connectivity index (χ3v) is 7.96. The molecule has 0 radical (unpaired) electrons. The predicted octanol–water partition coefficient (Wildman–Crippen LogP) is 7.67. The number of nitrogens with one attached hydrogen (secondary N) is 2. The van der Waals surface area contributed by atoms with Crippen LogP contribution in [0.3, 0.4) is 0 Å². The third kappa shape index (κ3) is 6.13. The largest absolute Gasteiger partial charge is 0.496 e. The SMILES string of the molecule is CCc1ccc(CNC(=O)c2cc(NC(=O)C3C(c4cc(Cl)cc(Cl)c4)C3(Cl)Cl)ccc2Cl)c(OC)c1. The highest BCUT2D eigenvalue weighted by Gasteiger charge is 2.67. The summed E-state index contributed by atoms with van der Waals surface area (Å²) in [7, 11) is 1.59. The molecular weight excluding hydrogens is 578 g/mol. The summed E-state index contributed by atoms with van der Waals surface area (Å²) in [5, 5.41) is 6.72. The second-order valence-corrected chi connectivity index (χ2v) is 11.4. The first-order valence-corrected chi connectivity index (χ1v) is 13.3. The Kier molecular flexibility index (Phi) is 8.51. The zero-order valence-electron chi connectivity index (χ0n) is 19.9. The summed E-state index contributed by atoms with van der Waals surface area (Å²) in [5.74, 6) is -1.34. The van der Waals surface area contributed by atoms with E-state index in [-0.39, 0.29) is 17.1 Å². The summed E-state index contributed by atoms with van der Waals surface area (Å²) in [6, 6.07) is 15.4. The lowest BCUT2D eigenvalue weighted by atomic mass is 10.1. The molecule has 0 saturated heterocycles. The quantitative estimate of drug-likeness (QED) is 0.261. The molecule has 2 unspecified atom stereocenters. The van der Waals surface area contributed by atoms with Crippen LogP contribution in [0.25, 0.3) is 0 Å². The predicted molar refractivity (Wildman–Crippen MR) is 151 cm³/mol. The van der Waals surface area contributed by atoms with Crippen molar-refractivity contribution in [2.24, 2.45) is 5.92 Å². The summed E-state index contributed by atoms with van der Waals surface area (Å²) < 4.78 is 4.13. The average Bonchev–Trinajstić information content (AvgIpc) is 3.44. The molecule has 37 heavy (non-hydrogen) atoms. The summed E-state index contributed by atoms with van der Waals surface area (Å²) in [4.78, 5) is 26.0. The number of rotatable bonds is 8. The van der Waals surface area contributed by atoms with Gasteiger partial charge in [0.2, 0.25) is 5.91 Å². The monoisotopic (exact) mass is 598 g/mol. The van der Waals surface area contributed by atoms with Gasteiger partial charge in [0.1, 0.15) is 10.1 Å². The van der Waals surface area contributed by atoms with E-state index in [2.05, 4.69) is 17.6 Å². The van der Waals surface area contributed by atoms with Gasteiger partial charge in [-0.2, -0.15) is 0 Å². The van der Waals surface area contributed by atoms with Gasteiger partial charge < -0.3 is 15.4 Å². The number of anilines is 1. The van der Waals surface area contributed by atoms with Gasteiger partial charge in [0.25, 0.3) is 5.91 Å². The van der Waals surface area contributed by atoms with Crippen molar-refractivity contribution in [1.29, 1.82) is 0 Å². The van der Waals surface area contributed by atoms with Gasteiger partial charge in [0.15, 0.2) is 0 Å². The van der Waals surface area contributed by atoms with E-state index in [9.17, 15) is 9.59 Å². The molecule has 1 saturated carbocycles. The first-order valence-electron chi connectivity index (χ1n) is 11.4. The van der Waals surface area contributed by atoms with Gasteiger partial charge in [-0.15, -0.1) is 23.2 Å². The fourth-order valence-corrected chi connectivity index (χ4v) is 5.82. The van der Waals surface area contributed by atoms with E-state index in [1.54, 1.807) is 37.4 Å². The Bertz CT molecular complexity index is 1340. The highest BCUT2D eigenvalue weighted by Crippen LogP contribution is 2.65. The Balaban J connectivity index is 1.46. The molecule has 0 spiro atoms. The van der Waals surface area contributed by atoms with Gasteiger partial charge in [-0.3, -0.25) is 9.59 Å². The van der Waals surface area contributed by atoms with Gasteiger partial charge in [-0.05, 0) is 60.0 Å². The van der Waals surface area contributed by atoms with Crippen molar-refractivity contribution in [3.8, 4) is 5.75 Å². The highest BCUT2D eigenvalue weighted by molar-refractivity contribution is 6.53. The van der Waals surface area contributed by atoms with Crippen LogP contribution in [-0.2, 0) is 17.8 Å². The number of ether oxygens (including phenoxy) is 1. The van der Waals surface area contributed by atoms with E-state index in [1.807, 2.05) is 18.2 Å². The maximum absolute atomic E-state index is 13.1. The normalized spacial score (nSPS) is 17.7. The number of methoxy groups -OCH3 is 1. The summed E-state index contributed by atoms with van der Waals surface area (Å²) in [5.41, 5.74) is 3.22. The van der Waals surface area contributed by atoms with Crippen LogP contribution in [0.5, 0.6) is 5.75 Å². The first-order chi connectivity index (χ1) is 17.5. The molecule has 2 amide bonds. The zero-order valence-corrected chi connectivity index (χ0v) is 23.7. The number of amides is 2. The van der Waals surface area contributed by atoms with Crippen molar-refractivity contribution < 1.29 is 14.3 Å². The van der Waals surface area contributed by atoms with E-state index in [1.165, 1.54) is 6.07 Å². The minimum absolute atomic E-state index is 0.209. The van der Waals surface area contributed by atoms with Crippen LogP contribution >= 0.6 is 58.0 Å². The van der Waals surface area contributed by atoms with E-state index < -0.39 is 28.0 Å². The zero-order chi connectivity index (χ0) is 26.9. The van der Waals surface area contributed by atoms with E-state index in [4.69, 9.17) is 62.7 Å². The molecule has 10 heteroatoms. The van der Waals surface area contributed by atoms with Crippen LogP contribution < -0.4 is 15.4 Å². The molecule has 2 atom stereocenters. The smallest absolute Gasteiger partial charge is 0.253 e. The maximum atomic E-state index is 13.1. The Morgan fingerprint density at radius 3 is 2.32 bits per heavy atom. The highest BCUT2D eigenvalue weighted by atomic mass is 35.5.